The molecule has 6 heteroatoms. The summed E-state index contributed by atoms with van der Waals surface area (Å²) in [4.78, 5) is 13.9. The number of hydrogen-bond donors (Lipinski definition) is 1. The van der Waals surface area contributed by atoms with Crippen LogP contribution in [0.25, 0.3) is 0 Å². The molecule has 1 saturated heterocycles. The normalized spacial score (nSPS) is 20.4. The SMILES string of the molecule is Cn1cc([C@@H]2CCCN2CCOc2ccc3c(c2)CCC(=O)N3)cn1. The van der Waals surface area contributed by atoms with Crippen molar-refractivity contribution < 1.29 is 9.53 Å². The van der Waals surface area contributed by atoms with Gasteiger partial charge in [0.15, 0.2) is 0 Å². The molecule has 0 spiro atoms. The van der Waals surface area contributed by atoms with Gasteiger partial charge >= 0.3 is 0 Å². The lowest BCUT2D eigenvalue weighted by Gasteiger charge is -2.24. The number of fused-ring (bicyclic) bond motifs is 1. The zero-order valence-corrected chi connectivity index (χ0v) is 14.6. The van der Waals surface area contributed by atoms with Gasteiger partial charge in [-0.3, -0.25) is 14.4 Å². The third kappa shape index (κ3) is 3.54. The number of aromatic nitrogens is 2. The van der Waals surface area contributed by atoms with Crippen LogP contribution in [-0.4, -0.2) is 40.3 Å². The molecule has 1 aromatic heterocycles. The quantitative estimate of drug-likeness (QED) is 0.909. The molecular formula is C19H24N4O2. The molecule has 2 aliphatic rings. The third-order valence-corrected chi connectivity index (χ3v) is 5.09. The van der Waals surface area contributed by atoms with Gasteiger partial charge in [0.1, 0.15) is 12.4 Å². The molecule has 0 bridgehead atoms. The largest absolute Gasteiger partial charge is 0.492 e. The van der Waals surface area contributed by atoms with Crippen LogP contribution in [0.1, 0.15) is 36.4 Å². The number of carbonyl (C=O) groups is 1. The van der Waals surface area contributed by atoms with Crippen LogP contribution in [0.2, 0.25) is 0 Å². The fourth-order valence-corrected chi connectivity index (χ4v) is 3.81. The van der Waals surface area contributed by atoms with E-state index in [2.05, 4.69) is 27.6 Å². The summed E-state index contributed by atoms with van der Waals surface area (Å²) < 4.78 is 7.84. The number of rotatable bonds is 5. The highest BCUT2D eigenvalue weighted by atomic mass is 16.5. The molecule has 25 heavy (non-hydrogen) atoms. The van der Waals surface area contributed by atoms with Gasteiger partial charge < -0.3 is 10.1 Å². The van der Waals surface area contributed by atoms with Gasteiger partial charge in [0, 0.05) is 43.5 Å². The third-order valence-electron chi connectivity index (χ3n) is 5.09. The van der Waals surface area contributed by atoms with Crippen LogP contribution in [0.3, 0.4) is 0 Å². The highest BCUT2D eigenvalue weighted by molar-refractivity contribution is 5.93. The maximum absolute atomic E-state index is 11.4. The highest BCUT2D eigenvalue weighted by Gasteiger charge is 2.26. The first-order chi connectivity index (χ1) is 12.2. The molecule has 3 heterocycles. The minimum atomic E-state index is 0.0941. The fourth-order valence-electron chi connectivity index (χ4n) is 3.81. The molecule has 0 unspecified atom stereocenters. The van der Waals surface area contributed by atoms with Crippen LogP contribution in [-0.2, 0) is 18.3 Å². The van der Waals surface area contributed by atoms with Gasteiger partial charge in [0.25, 0.3) is 0 Å². The molecule has 1 aromatic carbocycles. The van der Waals surface area contributed by atoms with Gasteiger partial charge in [0.2, 0.25) is 5.91 Å². The Kier molecular flexibility index (Phi) is 4.44. The van der Waals surface area contributed by atoms with Gasteiger partial charge in [-0.15, -0.1) is 0 Å². The minimum Gasteiger partial charge on any atom is -0.492 e. The number of benzene rings is 1. The molecule has 2 aliphatic heterocycles. The number of nitrogens with one attached hydrogen (secondary N) is 1. The molecule has 1 atom stereocenters. The zero-order chi connectivity index (χ0) is 17.2. The summed E-state index contributed by atoms with van der Waals surface area (Å²) in [5.41, 5.74) is 3.37. The number of ether oxygens (including phenoxy) is 1. The van der Waals surface area contributed by atoms with Gasteiger partial charge in [-0.2, -0.15) is 5.10 Å². The Labute approximate surface area is 147 Å². The van der Waals surface area contributed by atoms with Crippen LogP contribution in [0, 0.1) is 0 Å². The molecule has 132 valence electrons. The molecular weight excluding hydrogens is 316 g/mol. The molecule has 1 N–H and O–H groups in total. The molecule has 1 fully saturated rings. The molecule has 6 nitrogen and oxygen atoms in total. The van der Waals surface area contributed by atoms with E-state index in [-0.39, 0.29) is 5.91 Å². The van der Waals surface area contributed by atoms with Gasteiger partial charge in [-0.25, -0.2) is 0 Å². The lowest BCUT2D eigenvalue weighted by Crippen LogP contribution is -2.28. The van der Waals surface area contributed by atoms with Crippen molar-refractivity contribution in [2.45, 2.75) is 31.7 Å². The predicted molar refractivity (Wildman–Crippen MR) is 95.6 cm³/mol. The standard InChI is InChI=1S/C19H24N4O2/c1-22-13-15(12-20-22)18-3-2-8-23(18)9-10-25-16-5-6-17-14(11-16)4-7-19(24)21-17/h5-6,11-13,18H,2-4,7-10H2,1H3,(H,21,24)/t18-/m0/s1. The summed E-state index contributed by atoms with van der Waals surface area (Å²) in [7, 11) is 1.96. The van der Waals surface area contributed by atoms with Crippen molar-refractivity contribution in [3.05, 3.63) is 41.7 Å². The second-order valence-corrected chi connectivity index (χ2v) is 6.86. The van der Waals surface area contributed by atoms with E-state index >= 15 is 0 Å². The van der Waals surface area contributed by atoms with E-state index in [0.717, 1.165) is 36.5 Å². The first-order valence-electron chi connectivity index (χ1n) is 8.97. The highest BCUT2D eigenvalue weighted by Crippen LogP contribution is 2.31. The van der Waals surface area contributed by atoms with E-state index < -0.39 is 0 Å². The summed E-state index contributed by atoms with van der Waals surface area (Å²) in [5.74, 6) is 0.976. The van der Waals surface area contributed by atoms with Crippen LogP contribution in [0.4, 0.5) is 5.69 Å². The lowest BCUT2D eigenvalue weighted by molar-refractivity contribution is -0.116. The average molecular weight is 340 g/mol. The molecule has 4 rings (SSSR count). The second kappa shape index (κ2) is 6.88. The molecule has 2 aromatic rings. The van der Waals surface area contributed by atoms with E-state index in [0.29, 0.717) is 19.1 Å². The Balaban J connectivity index is 1.34. The number of hydrogen-bond acceptors (Lipinski definition) is 4. The Morgan fingerprint density at radius 3 is 3.12 bits per heavy atom. The number of likely N-dealkylation sites (tertiary alicyclic amines) is 1. The van der Waals surface area contributed by atoms with Crippen molar-refractivity contribution in [3.8, 4) is 5.75 Å². The van der Waals surface area contributed by atoms with Crippen molar-refractivity contribution >= 4 is 11.6 Å². The summed E-state index contributed by atoms with van der Waals surface area (Å²) in [6.07, 6.45) is 7.83. The monoisotopic (exact) mass is 340 g/mol. The molecule has 0 saturated carbocycles. The summed E-state index contributed by atoms with van der Waals surface area (Å²) in [6, 6.07) is 6.39. The van der Waals surface area contributed by atoms with Gasteiger partial charge in [-0.1, -0.05) is 0 Å². The maximum atomic E-state index is 11.4. The number of carbonyl (C=O) groups excluding carboxylic acids is 1. The van der Waals surface area contributed by atoms with Crippen molar-refractivity contribution in [1.82, 2.24) is 14.7 Å². The smallest absolute Gasteiger partial charge is 0.224 e. The Morgan fingerprint density at radius 2 is 2.28 bits per heavy atom. The Morgan fingerprint density at radius 1 is 1.36 bits per heavy atom. The van der Waals surface area contributed by atoms with Crippen LogP contribution in [0.15, 0.2) is 30.6 Å². The number of nitrogens with zero attached hydrogens (tertiary/aromatic N) is 3. The van der Waals surface area contributed by atoms with E-state index in [1.54, 1.807) is 0 Å². The molecule has 1 amide bonds. The van der Waals surface area contributed by atoms with Crippen molar-refractivity contribution in [1.29, 1.82) is 0 Å². The first kappa shape index (κ1) is 16.1. The predicted octanol–water partition coefficient (Wildman–Crippen LogP) is 2.52. The lowest BCUT2D eigenvalue weighted by atomic mass is 10.0. The Hall–Kier alpha value is -2.34. The average Bonchev–Trinajstić information content (AvgIpc) is 3.23. The zero-order valence-electron chi connectivity index (χ0n) is 14.6. The minimum absolute atomic E-state index is 0.0941. The topological polar surface area (TPSA) is 59.4 Å². The van der Waals surface area contributed by atoms with Crippen LogP contribution >= 0.6 is 0 Å². The second-order valence-electron chi connectivity index (χ2n) is 6.86. The summed E-state index contributed by atoms with van der Waals surface area (Å²) in [5, 5.41) is 7.20. The van der Waals surface area contributed by atoms with Crippen molar-refractivity contribution in [2.75, 3.05) is 25.0 Å². The van der Waals surface area contributed by atoms with E-state index in [4.69, 9.17) is 4.74 Å². The van der Waals surface area contributed by atoms with E-state index in [1.807, 2.05) is 30.1 Å². The maximum Gasteiger partial charge on any atom is 0.224 e. The van der Waals surface area contributed by atoms with Crippen molar-refractivity contribution in [2.24, 2.45) is 7.05 Å². The van der Waals surface area contributed by atoms with Gasteiger partial charge in [-0.05, 0) is 49.6 Å². The molecule has 0 aliphatic carbocycles. The fraction of sp³-hybridized carbons (Fsp3) is 0.474. The summed E-state index contributed by atoms with van der Waals surface area (Å²) >= 11 is 0. The van der Waals surface area contributed by atoms with Crippen molar-refractivity contribution in [3.63, 3.8) is 0 Å². The number of aryl methyl sites for hydroxylation is 2. The van der Waals surface area contributed by atoms with Crippen LogP contribution < -0.4 is 10.1 Å². The van der Waals surface area contributed by atoms with Crippen LogP contribution in [0.5, 0.6) is 5.75 Å². The number of amides is 1. The summed E-state index contributed by atoms with van der Waals surface area (Å²) in [6.45, 7) is 2.69. The van der Waals surface area contributed by atoms with Gasteiger partial charge in [0.05, 0.1) is 6.20 Å². The van der Waals surface area contributed by atoms with E-state index in [9.17, 15) is 4.79 Å². The Bertz CT molecular complexity index is 771. The number of anilines is 1. The first-order valence-corrected chi connectivity index (χ1v) is 8.97. The molecule has 0 radical (unpaired) electrons. The van der Waals surface area contributed by atoms with E-state index in [1.165, 1.54) is 18.4 Å².